The fourth-order valence-electron chi connectivity index (χ4n) is 0.639. The lowest BCUT2D eigenvalue weighted by Gasteiger charge is -1.91. The van der Waals surface area contributed by atoms with Gasteiger partial charge in [0.2, 0.25) is 0 Å². The third-order valence-electron chi connectivity index (χ3n) is 1.15. The summed E-state index contributed by atoms with van der Waals surface area (Å²) in [5.41, 5.74) is 0. The third-order valence-corrected chi connectivity index (χ3v) is 1.15. The van der Waals surface area contributed by atoms with E-state index in [1.54, 1.807) is 0 Å². The predicted octanol–water partition coefficient (Wildman–Crippen LogP) is 1.75. The lowest BCUT2D eigenvalue weighted by Crippen LogP contribution is -1.96. The van der Waals surface area contributed by atoms with Gasteiger partial charge in [-0.2, -0.15) is 0 Å². The molecule has 0 spiro atoms. The van der Waals surface area contributed by atoms with Crippen molar-refractivity contribution in [3.05, 3.63) is 25.7 Å². The molecule has 1 fully saturated rings. The third kappa shape index (κ3) is 6.90. The van der Waals surface area contributed by atoms with E-state index in [1.807, 2.05) is 0 Å². The van der Waals surface area contributed by atoms with Crippen molar-refractivity contribution in [1.29, 1.82) is 0 Å². The van der Waals surface area contributed by atoms with Crippen LogP contribution in [0.15, 0.2) is 25.7 Å². The highest BCUT2D eigenvalue weighted by Gasteiger charge is 2.08. The van der Waals surface area contributed by atoms with E-state index >= 15 is 0 Å². The van der Waals surface area contributed by atoms with E-state index in [1.165, 1.54) is 0 Å². The van der Waals surface area contributed by atoms with Crippen molar-refractivity contribution in [2.24, 2.45) is 0 Å². The van der Waals surface area contributed by atoms with Gasteiger partial charge in [0, 0.05) is 6.42 Å². The molecule has 0 unspecified atom stereocenters. The Morgan fingerprint density at radius 2 is 1.93 bits per heavy atom. The second kappa shape index (κ2) is 7.85. The van der Waals surface area contributed by atoms with E-state index in [-0.39, 0.29) is 5.97 Å². The molecule has 0 aromatic carbocycles. The van der Waals surface area contributed by atoms with E-state index < -0.39 is 6.16 Å². The Kier molecular flexibility index (Phi) is 6.85. The molecule has 0 amide bonds. The fraction of sp³-hybridized carbons (Fsp3) is 0.333. The Hall–Kier alpha value is -1.78. The van der Waals surface area contributed by atoms with Crippen LogP contribution in [0.3, 0.4) is 0 Å². The Labute approximate surface area is 81.9 Å². The number of carbonyl (C=O) groups is 2. The first-order valence-corrected chi connectivity index (χ1v) is 3.95. The highest BCUT2D eigenvalue weighted by atomic mass is 16.7. The van der Waals surface area contributed by atoms with Crippen molar-refractivity contribution < 1.29 is 23.8 Å². The predicted molar refractivity (Wildman–Crippen MR) is 48.2 cm³/mol. The van der Waals surface area contributed by atoms with E-state index in [9.17, 15) is 9.59 Å². The molecule has 5 nitrogen and oxygen atoms in total. The Balaban J connectivity index is 0.000000249. The van der Waals surface area contributed by atoms with Gasteiger partial charge in [0.1, 0.15) is 0 Å². The van der Waals surface area contributed by atoms with Crippen LogP contribution in [0.2, 0.25) is 0 Å². The summed E-state index contributed by atoms with van der Waals surface area (Å²) in [5, 5.41) is 0. The number of carbonyl (C=O) groups excluding carboxylic acids is 2. The van der Waals surface area contributed by atoms with Crippen LogP contribution in [0, 0.1) is 0 Å². The molecule has 5 heteroatoms. The van der Waals surface area contributed by atoms with E-state index in [4.69, 9.17) is 0 Å². The first-order chi connectivity index (χ1) is 6.70. The standard InChI is InChI=1S/C5H6O3.C4H6O2/c1-3-7-5(6)8-4-2;5-4-2-1-3-6-4/h3-4H,1-2H2;1-3H2. The summed E-state index contributed by atoms with van der Waals surface area (Å²) >= 11 is 0. The molecule has 1 saturated heterocycles. The molecule has 0 atom stereocenters. The van der Waals surface area contributed by atoms with Gasteiger partial charge in [0.05, 0.1) is 19.1 Å². The van der Waals surface area contributed by atoms with Gasteiger partial charge in [-0.05, 0) is 6.42 Å². The first-order valence-electron chi connectivity index (χ1n) is 3.95. The van der Waals surface area contributed by atoms with Crippen molar-refractivity contribution >= 4 is 12.1 Å². The minimum atomic E-state index is -0.824. The Morgan fingerprint density at radius 3 is 2.14 bits per heavy atom. The van der Waals surface area contributed by atoms with Crippen LogP contribution in [0.25, 0.3) is 0 Å². The normalized spacial score (nSPS) is 13.0. The van der Waals surface area contributed by atoms with Gasteiger partial charge < -0.3 is 14.2 Å². The summed E-state index contributed by atoms with van der Waals surface area (Å²) in [7, 11) is 0. The summed E-state index contributed by atoms with van der Waals surface area (Å²) in [4.78, 5) is 20.1. The van der Waals surface area contributed by atoms with E-state index in [0.29, 0.717) is 13.0 Å². The van der Waals surface area contributed by atoms with Crippen LogP contribution in [-0.4, -0.2) is 18.7 Å². The summed E-state index contributed by atoms with van der Waals surface area (Å²) < 4.78 is 12.7. The maximum Gasteiger partial charge on any atom is 0.518 e. The van der Waals surface area contributed by atoms with E-state index in [0.717, 1.165) is 18.9 Å². The molecule has 1 rings (SSSR count). The van der Waals surface area contributed by atoms with Crippen LogP contribution >= 0.6 is 0 Å². The molecule has 0 saturated carbocycles. The average Bonchev–Trinajstić information content (AvgIpc) is 2.58. The number of ether oxygens (including phenoxy) is 3. The van der Waals surface area contributed by atoms with Gasteiger partial charge in [0.15, 0.2) is 0 Å². The van der Waals surface area contributed by atoms with Gasteiger partial charge in [-0.1, -0.05) is 13.2 Å². The number of hydrogen-bond donors (Lipinski definition) is 0. The topological polar surface area (TPSA) is 61.8 Å². The Morgan fingerprint density at radius 1 is 1.36 bits per heavy atom. The Bertz CT molecular complexity index is 201. The molecule has 1 aliphatic heterocycles. The summed E-state index contributed by atoms with van der Waals surface area (Å²) in [6.07, 6.45) is 2.67. The summed E-state index contributed by atoms with van der Waals surface area (Å²) in [6, 6.07) is 0. The monoisotopic (exact) mass is 200 g/mol. The molecule has 0 aromatic heterocycles. The second-order valence-corrected chi connectivity index (χ2v) is 2.14. The number of rotatable bonds is 2. The van der Waals surface area contributed by atoms with Crippen molar-refractivity contribution in [3.8, 4) is 0 Å². The van der Waals surface area contributed by atoms with Crippen LogP contribution in [-0.2, 0) is 19.0 Å². The number of esters is 1. The largest absolute Gasteiger partial charge is 0.518 e. The molecule has 0 aliphatic carbocycles. The highest BCUT2D eigenvalue weighted by molar-refractivity contribution is 5.70. The smallest absolute Gasteiger partial charge is 0.466 e. The van der Waals surface area contributed by atoms with Crippen LogP contribution in [0.4, 0.5) is 4.79 Å². The van der Waals surface area contributed by atoms with Crippen molar-refractivity contribution in [2.75, 3.05) is 6.61 Å². The van der Waals surface area contributed by atoms with Gasteiger partial charge in [-0.25, -0.2) is 4.79 Å². The van der Waals surface area contributed by atoms with Crippen LogP contribution in [0.5, 0.6) is 0 Å². The summed E-state index contributed by atoms with van der Waals surface area (Å²) in [5.74, 6) is -0.0463. The van der Waals surface area contributed by atoms with Gasteiger partial charge in [-0.15, -0.1) is 0 Å². The molecule has 0 aromatic rings. The second-order valence-electron chi connectivity index (χ2n) is 2.14. The molecule has 0 radical (unpaired) electrons. The quantitative estimate of drug-likeness (QED) is 0.502. The molecular weight excluding hydrogens is 188 g/mol. The number of hydrogen-bond acceptors (Lipinski definition) is 5. The molecule has 14 heavy (non-hydrogen) atoms. The number of cyclic esters (lactones) is 1. The molecule has 0 N–H and O–H groups in total. The highest BCUT2D eigenvalue weighted by Crippen LogP contribution is 2.01. The fourth-order valence-corrected chi connectivity index (χ4v) is 0.639. The molecule has 1 heterocycles. The first kappa shape index (κ1) is 12.2. The SMILES string of the molecule is C=COC(=O)OC=C.O=C1CCCO1. The molecule has 0 bridgehead atoms. The maximum atomic E-state index is 10.1. The zero-order valence-electron chi connectivity index (χ0n) is 7.73. The summed E-state index contributed by atoms with van der Waals surface area (Å²) in [6.45, 7) is 6.89. The van der Waals surface area contributed by atoms with Crippen molar-refractivity contribution in [2.45, 2.75) is 12.8 Å². The van der Waals surface area contributed by atoms with Gasteiger partial charge >= 0.3 is 12.1 Å². The lowest BCUT2D eigenvalue weighted by molar-refractivity contribution is -0.137. The molecule has 1 aliphatic rings. The molecule has 78 valence electrons. The minimum absolute atomic E-state index is 0.0463. The van der Waals surface area contributed by atoms with Crippen LogP contribution in [0.1, 0.15) is 12.8 Å². The maximum absolute atomic E-state index is 10.1. The molecular formula is C9H12O5. The van der Waals surface area contributed by atoms with Crippen molar-refractivity contribution in [1.82, 2.24) is 0 Å². The van der Waals surface area contributed by atoms with Gasteiger partial charge in [0.25, 0.3) is 0 Å². The zero-order chi connectivity index (χ0) is 10.8. The van der Waals surface area contributed by atoms with Gasteiger partial charge in [-0.3, -0.25) is 4.79 Å². The minimum Gasteiger partial charge on any atom is -0.466 e. The zero-order valence-corrected chi connectivity index (χ0v) is 7.73. The van der Waals surface area contributed by atoms with E-state index in [2.05, 4.69) is 27.4 Å². The lowest BCUT2D eigenvalue weighted by atomic mass is 10.4. The van der Waals surface area contributed by atoms with Crippen molar-refractivity contribution in [3.63, 3.8) is 0 Å². The van der Waals surface area contributed by atoms with Crippen LogP contribution < -0.4 is 0 Å². The average molecular weight is 200 g/mol.